The summed E-state index contributed by atoms with van der Waals surface area (Å²) in [6, 6.07) is 7.66. The lowest BCUT2D eigenvalue weighted by Crippen LogP contribution is -2.43. The van der Waals surface area contributed by atoms with E-state index in [0.717, 1.165) is 23.2 Å². The fraction of sp³-hybridized carbons (Fsp3) is 0.500. The average Bonchev–Trinajstić information content (AvgIpc) is 2.78. The van der Waals surface area contributed by atoms with Crippen molar-refractivity contribution in [3.63, 3.8) is 0 Å². The van der Waals surface area contributed by atoms with E-state index >= 15 is 0 Å². The second-order valence-corrected chi connectivity index (χ2v) is 8.64. The Morgan fingerprint density at radius 1 is 1.12 bits per heavy atom. The van der Waals surface area contributed by atoms with Crippen molar-refractivity contribution in [3.05, 3.63) is 57.9 Å². The topological polar surface area (TPSA) is 90.9 Å². The van der Waals surface area contributed by atoms with Crippen LogP contribution in [0.2, 0.25) is 0 Å². The average molecular weight is 456 g/mol. The monoisotopic (exact) mass is 455 g/mol. The number of carbonyl (C=O) groups excluding carboxylic acids is 3. The molecule has 0 amide bonds. The number of nitrogens with one attached hydrogen (secondary N) is 1. The van der Waals surface area contributed by atoms with Gasteiger partial charge in [0, 0.05) is 29.5 Å². The maximum absolute atomic E-state index is 13.7. The van der Waals surface area contributed by atoms with E-state index in [1.54, 1.807) is 0 Å². The van der Waals surface area contributed by atoms with Gasteiger partial charge >= 0.3 is 11.9 Å². The second kappa shape index (κ2) is 10.8. The van der Waals surface area contributed by atoms with Crippen LogP contribution in [0.15, 0.2) is 46.8 Å². The van der Waals surface area contributed by atoms with Crippen LogP contribution in [0.4, 0.5) is 0 Å². The summed E-state index contributed by atoms with van der Waals surface area (Å²) >= 11 is 0. The number of ether oxygens (including phenoxy) is 3. The van der Waals surface area contributed by atoms with E-state index in [0.29, 0.717) is 36.5 Å². The molecule has 0 saturated carbocycles. The van der Waals surface area contributed by atoms with E-state index in [2.05, 4.69) is 5.32 Å². The number of hydrogen-bond donors (Lipinski definition) is 1. The first-order chi connectivity index (χ1) is 15.8. The van der Waals surface area contributed by atoms with Crippen LogP contribution in [0, 0.1) is 18.8 Å². The van der Waals surface area contributed by atoms with Crippen molar-refractivity contribution in [1.82, 2.24) is 5.32 Å². The van der Waals surface area contributed by atoms with Gasteiger partial charge in [0.05, 0.1) is 19.3 Å². The first kappa shape index (κ1) is 24.7. The Bertz CT molecular complexity index is 992. The number of allylic oxidation sites excluding steroid dienone is 3. The third kappa shape index (κ3) is 5.03. The molecule has 1 aliphatic carbocycles. The van der Waals surface area contributed by atoms with Crippen LogP contribution >= 0.6 is 0 Å². The summed E-state index contributed by atoms with van der Waals surface area (Å²) in [5.74, 6) is -3.10. The minimum Gasteiger partial charge on any atom is -0.468 e. The zero-order chi connectivity index (χ0) is 24.1. The SMILES string of the molecule is CCCOCCOC(=O)C1=C(C)NC2=C(C(=O)C(C(=O)OC)C(C)C2)C1c1ccccc1C. The van der Waals surface area contributed by atoms with Crippen molar-refractivity contribution in [1.29, 1.82) is 0 Å². The molecule has 0 spiro atoms. The number of esters is 2. The van der Waals surface area contributed by atoms with E-state index in [9.17, 15) is 14.4 Å². The Balaban J connectivity index is 2.03. The van der Waals surface area contributed by atoms with Gasteiger partial charge in [-0.2, -0.15) is 0 Å². The number of dihydropyridines is 1. The van der Waals surface area contributed by atoms with E-state index < -0.39 is 23.8 Å². The van der Waals surface area contributed by atoms with Gasteiger partial charge in [-0.1, -0.05) is 38.1 Å². The summed E-state index contributed by atoms with van der Waals surface area (Å²) in [7, 11) is 1.29. The van der Waals surface area contributed by atoms with E-state index in [4.69, 9.17) is 14.2 Å². The van der Waals surface area contributed by atoms with Gasteiger partial charge in [0.2, 0.25) is 0 Å². The van der Waals surface area contributed by atoms with Crippen LogP contribution in [-0.4, -0.2) is 44.7 Å². The molecule has 33 heavy (non-hydrogen) atoms. The van der Waals surface area contributed by atoms with Crippen LogP contribution < -0.4 is 5.32 Å². The van der Waals surface area contributed by atoms with Crippen LogP contribution in [0.25, 0.3) is 0 Å². The molecule has 1 aliphatic heterocycles. The second-order valence-electron chi connectivity index (χ2n) is 8.64. The predicted molar refractivity (Wildman–Crippen MR) is 123 cm³/mol. The van der Waals surface area contributed by atoms with Gasteiger partial charge in [0.15, 0.2) is 5.78 Å². The van der Waals surface area contributed by atoms with Crippen molar-refractivity contribution in [2.24, 2.45) is 11.8 Å². The highest BCUT2D eigenvalue weighted by atomic mass is 16.6. The smallest absolute Gasteiger partial charge is 0.336 e. The molecule has 0 radical (unpaired) electrons. The van der Waals surface area contributed by atoms with Crippen molar-refractivity contribution in [2.45, 2.75) is 46.5 Å². The fourth-order valence-corrected chi connectivity index (χ4v) is 4.69. The van der Waals surface area contributed by atoms with Crippen LogP contribution in [0.3, 0.4) is 0 Å². The summed E-state index contributed by atoms with van der Waals surface area (Å²) in [5.41, 5.74) is 4.01. The van der Waals surface area contributed by atoms with Crippen molar-refractivity contribution >= 4 is 17.7 Å². The zero-order valence-corrected chi connectivity index (χ0v) is 20.0. The molecule has 3 rings (SSSR count). The number of Topliss-reactive ketones (excluding diaryl/α,β-unsaturated/α-hetero) is 1. The summed E-state index contributed by atoms with van der Waals surface area (Å²) in [6.45, 7) is 8.68. The Morgan fingerprint density at radius 2 is 1.85 bits per heavy atom. The van der Waals surface area contributed by atoms with Crippen molar-refractivity contribution in [2.75, 3.05) is 26.9 Å². The third-order valence-electron chi connectivity index (χ3n) is 6.27. The van der Waals surface area contributed by atoms with Gasteiger partial charge in [-0.05, 0) is 43.7 Å². The molecule has 1 N–H and O–H groups in total. The molecule has 0 aromatic heterocycles. The quantitative estimate of drug-likeness (QED) is 0.364. The van der Waals surface area contributed by atoms with Gasteiger partial charge in [-0.25, -0.2) is 4.79 Å². The number of ketones is 1. The van der Waals surface area contributed by atoms with E-state index in [1.807, 2.05) is 52.0 Å². The number of methoxy groups -OCH3 is 1. The predicted octanol–water partition coefficient (Wildman–Crippen LogP) is 3.58. The summed E-state index contributed by atoms with van der Waals surface area (Å²) < 4.78 is 15.9. The first-order valence-corrected chi connectivity index (χ1v) is 11.4. The van der Waals surface area contributed by atoms with Crippen molar-refractivity contribution < 1.29 is 28.6 Å². The van der Waals surface area contributed by atoms with E-state index in [-0.39, 0.29) is 18.3 Å². The lowest BCUT2D eigenvalue weighted by Gasteiger charge is -2.38. The Hall–Kier alpha value is -2.93. The molecular formula is C26H33NO6. The van der Waals surface area contributed by atoms with Crippen molar-refractivity contribution in [3.8, 4) is 0 Å². The highest BCUT2D eigenvalue weighted by molar-refractivity contribution is 6.12. The number of hydrogen-bond acceptors (Lipinski definition) is 7. The summed E-state index contributed by atoms with van der Waals surface area (Å²) in [4.78, 5) is 39.4. The van der Waals surface area contributed by atoms with E-state index in [1.165, 1.54) is 7.11 Å². The fourth-order valence-electron chi connectivity index (χ4n) is 4.69. The minimum absolute atomic E-state index is 0.123. The minimum atomic E-state index is -0.903. The third-order valence-corrected chi connectivity index (χ3v) is 6.27. The molecule has 7 heteroatoms. The molecule has 178 valence electrons. The molecule has 3 atom stereocenters. The molecule has 1 aromatic carbocycles. The highest BCUT2D eigenvalue weighted by Gasteiger charge is 2.47. The highest BCUT2D eigenvalue weighted by Crippen LogP contribution is 2.46. The number of aryl methyl sites for hydroxylation is 1. The van der Waals surface area contributed by atoms with Gasteiger partial charge in [-0.3, -0.25) is 9.59 Å². The Labute approximate surface area is 195 Å². The molecule has 0 fully saturated rings. The molecular weight excluding hydrogens is 422 g/mol. The summed E-state index contributed by atoms with van der Waals surface area (Å²) in [5, 5.41) is 3.27. The molecule has 2 aliphatic rings. The first-order valence-electron chi connectivity index (χ1n) is 11.4. The molecule has 0 saturated heterocycles. The largest absolute Gasteiger partial charge is 0.468 e. The molecule has 7 nitrogen and oxygen atoms in total. The zero-order valence-electron chi connectivity index (χ0n) is 20.0. The lowest BCUT2D eigenvalue weighted by molar-refractivity contribution is -0.151. The maximum Gasteiger partial charge on any atom is 0.336 e. The maximum atomic E-state index is 13.7. The number of rotatable bonds is 8. The summed E-state index contributed by atoms with van der Waals surface area (Å²) in [6.07, 6.45) is 1.39. The number of carbonyl (C=O) groups is 3. The molecule has 1 heterocycles. The van der Waals surface area contributed by atoms with Gasteiger partial charge in [0.1, 0.15) is 12.5 Å². The normalized spacial score (nSPS) is 22.6. The molecule has 1 aromatic rings. The standard InChI is InChI=1S/C26H33NO6/c1-6-11-32-12-13-33-26(30)21-17(4)27-19-14-16(3)20(25(29)31-5)24(28)23(19)22(21)18-10-8-7-9-15(18)2/h7-10,16,20,22,27H,6,11-14H2,1-5H3. The Kier molecular flexibility index (Phi) is 8.08. The van der Waals surface area contributed by atoms with Crippen LogP contribution in [0.1, 0.15) is 50.7 Å². The van der Waals surface area contributed by atoms with Crippen LogP contribution in [0.5, 0.6) is 0 Å². The van der Waals surface area contributed by atoms with Gasteiger partial charge < -0.3 is 19.5 Å². The molecule has 0 bridgehead atoms. The van der Waals surface area contributed by atoms with Crippen LogP contribution in [-0.2, 0) is 28.6 Å². The lowest BCUT2D eigenvalue weighted by atomic mass is 9.68. The Morgan fingerprint density at radius 3 is 2.52 bits per heavy atom. The van der Waals surface area contributed by atoms with Gasteiger partial charge in [0.25, 0.3) is 0 Å². The molecule has 3 unspecified atom stereocenters. The number of benzene rings is 1. The van der Waals surface area contributed by atoms with Gasteiger partial charge in [-0.15, -0.1) is 0 Å².